The Balaban J connectivity index is 3.51. The van der Waals surface area contributed by atoms with Crippen molar-refractivity contribution >= 4 is 12.4 Å². The van der Waals surface area contributed by atoms with Gasteiger partial charge in [0.1, 0.15) is 0 Å². The third-order valence-corrected chi connectivity index (χ3v) is 0.728. The molecule has 0 amide bonds. The van der Waals surface area contributed by atoms with Crippen LogP contribution in [0.3, 0.4) is 0 Å². The molecule has 2 heteroatoms. The number of hydrogen-bond acceptors (Lipinski definition) is 2. The predicted octanol–water partition coefficient (Wildman–Crippen LogP) is 2.20. The second-order valence-corrected chi connectivity index (χ2v) is 1.53. The molecular weight excluding hydrogens is 124 g/mol. The zero-order valence-corrected chi connectivity index (χ0v) is 6.36. The first-order valence-electron chi connectivity index (χ1n) is 3.19. The van der Waals surface area contributed by atoms with E-state index in [4.69, 9.17) is 0 Å². The number of rotatable bonds is 3. The summed E-state index contributed by atoms with van der Waals surface area (Å²) in [5.74, 6) is 0. The van der Waals surface area contributed by atoms with Gasteiger partial charge in [0.15, 0.2) is 0 Å². The van der Waals surface area contributed by atoms with Crippen molar-refractivity contribution in [1.29, 1.82) is 0 Å². The van der Waals surface area contributed by atoms with Gasteiger partial charge in [0.25, 0.3) is 0 Å². The molecule has 0 unspecified atom stereocenters. The summed E-state index contributed by atoms with van der Waals surface area (Å²) in [5, 5.41) is 0. The molecule has 0 rings (SSSR count). The third-order valence-electron chi connectivity index (χ3n) is 0.728. The second kappa shape index (κ2) is 7.82. The standard InChI is InChI=1S/C8H12N2/c1-3-6-10-8-5-7-9-4-2/h3-8H,1-2H3/b6-3+,7-5-,9-4?,10-8+. The van der Waals surface area contributed by atoms with Gasteiger partial charge >= 0.3 is 0 Å². The highest BCUT2D eigenvalue weighted by atomic mass is 14.7. The quantitative estimate of drug-likeness (QED) is 0.531. The van der Waals surface area contributed by atoms with Crippen molar-refractivity contribution in [3.8, 4) is 0 Å². The van der Waals surface area contributed by atoms with Crippen molar-refractivity contribution in [2.75, 3.05) is 0 Å². The van der Waals surface area contributed by atoms with Crippen molar-refractivity contribution in [2.24, 2.45) is 9.98 Å². The first kappa shape index (κ1) is 8.82. The molecule has 0 saturated carbocycles. The smallest absolute Gasteiger partial charge is 0.0282 e. The summed E-state index contributed by atoms with van der Waals surface area (Å²) in [4.78, 5) is 7.74. The van der Waals surface area contributed by atoms with Crippen LogP contribution in [-0.2, 0) is 0 Å². The Morgan fingerprint density at radius 3 is 2.40 bits per heavy atom. The molecule has 2 nitrogen and oxygen atoms in total. The molecule has 0 aromatic rings. The minimum atomic E-state index is 1.69. The maximum Gasteiger partial charge on any atom is 0.0282 e. The molecule has 54 valence electrons. The molecule has 0 spiro atoms. The lowest BCUT2D eigenvalue weighted by atomic mass is 10.6. The van der Waals surface area contributed by atoms with E-state index in [0.29, 0.717) is 0 Å². The molecule has 0 aliphatic heterocycles. The molecule has 0 fully saturated rings. The van der Waals surface area contributed by atoms with Gasteiger partial charge in [0, 0.05) is 24.8 Å². The Morgan fingerprint density at radius 2 is 1.80 bits per heavy atom. The summed E-state index contributed by atoms with van der Waals surface area (Å²) >= 11 is 0. The highest BCUT2D eigenvalue weighted by Crippen LogP contribution is 1.73. The third kappa shape index (κ3) is 6.82. The average Bonchev–Trinajstić information content (AvgIpc) is 1.97. The largest absolute Gasteiger partial charge is 0.269 e. The average molecular weight is 136 g/mol. The van der Waals surface area contributed by atoms with E-state index in [1.807, 2.05) is 19.9 Å². The van der Waals surface area contributed by atoms with Crippen molar-refractivity contribution in [3.63, 3.8) is 0 Å². The van der Waals surface area contributed by atoms with Crippen LogP contribution in [0.2, 0.25) is 0 Å². The second-order valence-electron chi connectivity index (χ2n) is 1.53. The van der Waals surface area contributed by atoms with Crippen molar-refractivity contribution < 1.29 is 0 Å². The lowest BCUT2D eigenvalue weighted by molar-refractivity contribution is 1.54. The Kier molecular flexibility index (Phi) is 6.90. The number of nitrogens with zero attached hydrogens (tertiary/aromatic N) is 2. The fourth-order valence-electron chi connectivity index (χ4n) is 0.360. The fourth-order valence-corrected chi connectivity index (χ4v) is 0.360. The SMILES string of the molecule is CC=N\C=C/C=N/C=C/C. The molecule has 0 heterocycles. The van der Waals surface area contributed by atoms with Gasteiger partial charge in [-0.1, -0.05) is 6.08 Å². The van der Waals surface area contributed by atoms with Crippen LogP contribution in [0.5, 0.6) is 0 Å². The number of aliphatic imine (C=N–C) groups is 2. The van der Waals surface area contributed by atoms with Crippen molar-refractivity contribution in [2.45, 2.75) is 13.8 Å². The molecule has 0 N–H and O–H groups in total. The first-order valence-corrected chi connectivity index (χ1v) is 3.19. The molecule has 0 aromatic heterocycles. The van der Waals surface area contributed by atoms with Gasteiger partial charge in [-0.2, -0.15) is 0 Å². The molecule has 0 saturated heterocycles. The zero-order valence-electron chi connectivity index (χ0n) is 6.36. The maximum absolute atomic E-state index is 3.90. The fraction of sp³-hybridized carbons (Fsp3) is 0.250. The van der Waals surface area contributed by atoms with Gasteiger partial charge in [-0.3, -0.25) is 9.98 Å². The maximum atomic E-state index is 3.90. The summed E-state index contributed by atoms with van der Waals surface area (Å²) in [6, 6.07) is 0. The Bertz CT molecular complexity index is 144. The lowest BCUT2D eigenvalue weighted by Crippen LogP contribution is -1.60. The highest BCUT2D eigenvalue weighted by Gasteiger charge is 1.59. The van der Waals surface area contributed by atoms with Gasteiger partial charge in [-0.25, -0.2) is 0 Å². The first-order chi connectivity index (χ1) is 4.91. The summed E-state index contributed by atoms with van der Waals surface area (Å²) in [7, 11) is 0. The van der Waals surface area contributed by atoms with Gasteiger partial charge < -0.3 is 0 Å². The molecule has 0 aliphatic rings. The van der Waals surface area contributed by atoms with Crippen LogP contribution in [0.4, 0.5) is 0 Å². The monoisotopic (exact) mass is 136 g/mol. The minimum absolute atomic E-state index is 1.69. The van der Waals surface area contributed by atoms with Crippen LogP contribution in [0.25, 0.3) is 0 Å². The zero-order chi connectivity index (χ0) is 7.66. The van der Waals surface area contributed by atoms with E-state index in [1.165, 1.54) is 0 Å². The van der Waals surface area contributed by atoms with Crippen LogP contribution >= 0.6 is 0 Å². The number of allylic oxidation sites excluding steroid dienone is 2. The number of hydrogen-bond donors (Lipinski definition) is 0. The molecular formula is C8H12N2. The Labute approximate surface area is 61.7 Å². The van der Waals surface area contributed by atoms with Crippen molar-refractivity contribution in [3.05, 3.63) is 24.6 Å². The summed E-state index contributed by atoms with van der Waals surface area (Å²) in [5.41, 5.74) is 0. The van der Waals surface area contributed by atoms with Crippen LogP contribution < -0.4 is 0 Å². The summed E-state index contributed by atoms with van der Waals surface area (Å²) in [6.45, 7) is 3.79. The predicted molar refractivity (Wildman–Crippen MR) is 46.6 cm³/mol. The van der Waals surface area contributed by atoms with E-state index < -0.39 is 0 Å². The van der Waals surface area contributed by atoms with E-state index in [0.717, 1.165) is 0 Å². The van der Waals surface area contributed by atoms with E-state index in [1.54, 1.807) is 30.9 Å². The van der Waals surface area contributed by atoms with E-state index in [-0.39, 0.29) is 0 Å². The lowest BCUT2D eigenvalue weighted by Gasteiger charge is -1.71. The van der Waals surface area contributed by atoms with Crippen LogP contribution in [0.1, 0.15) is 13.8 Å². The topological polar surface area (TPSA) is 24.7 Å². The molecule has 10 heavy (non-hydrogen) atoms. The normalized spacial score (nSPS) is 13.4. The van der Waals surface area contributed by atoms with E-state index >= 15 is 0 Å². The minimum Gasteiger partial charge on any atom is -0.269 e. The molecule has 0 atom stereocenters. The highest BCUT2D eigenvalue weighted by molar-refractivity contribution is 5.71. The van der Waals surface area contributed by atoms with Gasteiger partial charge in [-0.15, -0.1) is 0 Å². The van der Waals surface area contributed by atoms with E-state index in [9.17, 15) is 0 Å². The van der Waals surface area contributed by atoms with Crippen LogP contribution in [0, 0.1) is 0 Å². The van der Waals surface area contributed by atoms with Crippen LogP contribution in [-0.4, -0.2) is 12.4 Å². The van der Waals surface area contributed by atoms with Gasteiger partial charge in [-0.05, 0) is 19.9 Å². The van der Waals surface area contributed by atoms with Crippen molar-refractivity contribution in [1.82, 2.24) is 0 Å². The van der Waals surface area contributed by atoms with Gasteiger partial charge in [0.05, 0.1) is 0 Å². The summed E-state index contributed by atoms with van der Waals surface area (Å²) < 4.78 is 0. The molecule has 0 aromatic carbocycles. The van der Waals surface area contributed by atoms with Crippen LogP contribution in [0.15, 0.2) is 34.5 Å². The Hall–Kier alpha value is -1.18. The van der Waals surface area contributed by atoms with E-state index in [2.05, 4.69) is 9.98 Å². The molecule has 0 aliphatic carbocycles. The summed E-state index contributed by atoms with van der Waals surface area (Å²) in [6.07, 6.45) is 10.5. The van der Waals surface area contributed by atoms with Gasteiger partial charge in [0.2, 0.25) is 0 Å². The molecule has 0 radical (unpaired) electrons. The Morgan fingerprint density at radius 1 is 1.00 bits per heavy atom. The molecule has 0 bridgehead atoms.